The molecule has 1 fully saturated rings. The first kappa shape index (κ1) is 13.4. The maximum Gasteiger partial charge on any atom is 0.332 e. The van der Waals surface area contributed by atoms with Gasteiger partial charge in [-0.1, -0.05) is 0 Å². The fraction of sp³-hybridized carbons (Fsp3) is 0.900. The van der Waals surface area contributed by atoms with Gasteiger partial charge in [0, 0.05) is 19.6 Å². The summed E-state index contributed by atoms with van der Waals surface area (Å²) < 4.78 is 15.1. The molecule has 0 saturated carbocycles. The van der Waals surface area contributed by atoms with E-state index in [2.05, 4.69) is 10.4 Å². The number of hydrogen-bond acceptors (Lipinski definition) is 6. The van der Waals surface area contributed by atoms with E-state index >= 15 is 0 Å². The van der Waals surface area contributed by atoms with Crippen molar-refractivity contribution in [1.29, 1.82) is 0 Å². The monoisotopic (exact) mass is 232 g/mol. The molecule has 0 spiro atoms. The van der Waals surface area contributed by atoms with E-state index in [0.29, 0.717) is 19.8 Å². The Morgan fingerprint density at radius 3 is 2.88 bits per heavy atom. The Balaban J connectivity index is 1.89. The number of hydrogen-bond donors (Lipinski definition) is 1. The quantitative estimate of drug-likeness (QED) is 0.467. The Kier molecular flexibility index (Phi) is 7.07. The molecule has 1 N–H and O–H groups in total. The fourth-order valence-electron chi connectivity index (χ4n) is 1.36. The van der Waals surface area contributed by atoms with Crippen molar-refractivity contribution in [3.8, 4) is 0 Å². The number of ether oxygens (including phenoxy) is 3. The van der Waals surface area contributed by atoms with E-state index in [1.807, 2.05) is 0 Å². The largest absolute Gasteiger partial charge is 0.464 e. The number of carbonyl (C=O) groups excluding carboxylic acids is 1. The lowest BCUT2D eigenvalue weighted by atomic mass is 10.5. The standard InChI is InChI=1S/C10H20N2O4/c1-2-16-10(13)9-15-6-3-11-12-4-7-14-8-5-12/h11H,2-9H2,1H3. The van der Waals surface area contributed by atoms with E-state index in [1.54, 1.807) is 6.92 Å². The molecule has 1 heterocycles. The Hall–Kier alpha value is -0.690. The van der Waals surface area contributed by atoms with Crippen LogP contribution in [0.25, 0.3) is 0 Å². The van der Waals surface area contributed by atoms with Crippen molar-refractivity contribution in [1.82, 2.24) is 10.4 Å². The molecule has 0 radical (unpaired) electrons. The number of carbonyl (C=O) groups is 1. The van der Waals surface area contributed by atoms with Gasteiger partial charge in [0.25, 0.3) is 0 Å². The van der Waals surface area contributed by atoms with Gasteiger partial charge < -0.3 is 14.2 Å². The van der Waals surface area contributed by atoms with Crippen LogP contribution in [0.2, 0.25) is 0 Å². The molecule has 0 atom stereocenters. The van der Waals surface area contributed by atoms with Crippen LogP contribution in [0.5, 0.6) is 0 Å². The molecule has 1 saturated heterocycles. The van der Waals surface area contributed by atoms with Crippen LogP contribution in [0.4, 0.5) is 0 Å². The highest BCUT2D eigenvalue weighted by atomic mass is 16.6. The van der Waals surface area contributed by atoms with Crippen molar-refractivity contribution in [2.24, 2.45) is 0 Å². The smallest absolute Gasteiger partial charge is 0.332 e. The van der Waals surface area contributed by atoms with Crippen LogP contribution in [-0.2, 0) is 19.0 Å². The number of nitrogens with one attached hydrogen (secondary N) is 1. The molecule has 0 bridgehead atoms. The Morgan fingerprint density at radius 2 is 2.19 bits per heavy atom. The summed E-state index contributed by atoms with van der Waals surface area (Å²) in [6.45, 7) is 6.68. The van der Waals surface area contributed by atoms with Gasteiger partial charge in [-0.15, -0.1) is 0 Å². The molecule has 1 aliphatic heterocycles. The average molecular weight is 232 g/mol. The minimum absolute atomic E-state index is 0.0264. The zero-order chi connectivity index (χ0) is 11.6. The summed E-state index contributed by atoms with van der Waals surface area (Å²) in [4.78, 5) is 10.9. The van der Waals surface area contributed by atoms with Crippen LogP contribution in [-0.4, -0.2) is 63.6 Å². The normalized spacial score (nSPS) is 17.3. The molecule has 1 aliphatic rings. The van der Waals surface area contributed by atoms with Gasteiger partial charge in [-0.05, 0) is 6.92 Å². The second-order valence-corrected chi connectivity index (χ2v) is 3.37. The second kappa shape index (κ2) is 8.46. The van der Waals surface area contributed by atoms with E-state index in [1.165, 1.54) is 0 Å². The highest BCUT2D eigenvalue weighted by Gasteiger charge is 2.08. The van der Waals surface area contributed by atoms with Crippen molar-refractivity contribution in [2.75, 3.05) is 52.7 Å². The molecule has 0 aromatic rings. The molecule has 1 rings (SSSR count). The first-order valence-electron chi connectivity index (χ1n) is 5.62. The van der Waals surface area contributed by atoms with Crippen LogP contribution in [0.15, 0.2) is 0 Å². The lowest BCUT2D eigenvalue weighted by molar-refractivity contribution is -0.148. The summed E-state index contributed by atoms with van der Waals surface area (Å²) in [6.07, 6.45) is 0. The molecule has 16 heavy (non-hydrogen) atoms. The Bertz CT molecular complexity index is 195. The van der Waals surface area contributed by atoms with Gasteiger partial charge in [0.15, 0.2) is 0 Å². The van der Waals surface area contributed by atoms with Crippen molar-refractivity contribution in [2.45, 2.75) is 6.92 Å². The predicted octanol–water partition coefficient (Wildman–Crippen LogP) is -0.597. The minimum Gasteiger partial charge on any atom is -0.464 e. The van der Waals surface area contributed by atoms with Gasteiger partial charge in [0.2, 0.25) is 0 Å². The SMILES string of the molecule is CCOC(=O)COCCNN1CCOCC1. The van der Waals surface area contributed by atoms with Crippen molar-refractivity contribution < 1.29 is 19.0 Å². The summed E-state index contributed by atoms with van der Waals surface area (Å²) in [5.41, 5.74) is 3.20. The maximum absolute atomic E-state index is 10.9. The number of esters is 1. The Morgan fingerprint density at radius 1 is 1.44 bits per heavy atom. The van der Waals surface area contributed by atoms with Crippen molar-refractivity contribution in [3.05, 3.63) is 0 Å². The summed E-state index contributed by atoms with van der Waals surface area (Å²) in [6, 6.07) is 0. The number of nitrogens with zero attached hydrogens (tertiary/aromatic N) is 1. The third-order valence-electron chi connectivity index (χ3n) is 2.12. The zero-order valence-electron chi connectivity index (χ0n) is 9.74. The maximum atomic E-state index is 10.9. The summed E-state index contributed by atoms with van der Waals surface area (Å²) in [5.74, 6) is -0.311. The number of morpholine rings is 1. The Labute approximate surface area is 95.8 Å². The van der Waals surface area contributed by atoms with Crippen molar-refractivity contribution in [3.63, 3.8) is 0 Å². The van der Waals surface area contributed by atoms with Gasteiger partial charge in [0.1, 0.15) is 6.61 Å². The number of rotatable bonds is 7. The van der Waals surface area contributed by atoms with Gasteiger partial charge in [0.05, 0.1) is 26.4 Å². The van der Waals surface area contributed by atoms with Crippen LogP contribution < -0.4 is 5.43 Å². The highest BCUT2D eigenvalue weighted by Crippen LogP contribution is 1.91. The molecule has 94 valence electrons. The molecule has 0 aromatic carbocycles. The van der Waals surface area contributed by atoms with Gasteiger partial charge in [-0.3, -0.25) is 5.43 Å². The topological polar surface area (TPSA) is 60.0 Å². The third kappa shape index (κ3) is 6.02. The van der Waals surface area contributed by atoms with Crippen LogP contribution in [0, 0.1) is 0 Å². The lowest BCUT2D eigenvalue weighted by Crippen LogP contribution is -2.46. The summed E-state index contributed by atoms with van der Waals surface area (Å²) >= 11 is 0. The third-order valence-corrected chi connectivity index (χ3v) is 2.12. The van der Waals surface area contributed by atoms with Crippen LogP contribution in [0.3, 0.4) is 0 Å². The summed E-state index contributed by atoms with van der Waals surface area (Å²) in [7, 11) is 0. The van der Waals surface area contributed by atoms with Crippen LogP contribution in [0.1, 0.15) is 6.92 Å². The molecule has 0 aromatic heterocycles. The molecule has 0 aliphatic carbocycles. The summed E-state index contributed by atoms with van der Waals surface area (Å²) in [5, 5.41) is 2.09. The van der Waals surface area contributed by atoms with E-state index in [9.17, 15) is 4.79 Å². The molecular weight excluding hydrogens is 212 g/mol. The predicted molar refractivity (Wildman–Crippen MR) is 57.8 cm³/mol. The lowest BCUT2D eigenvalue weighted by Gasteiger charge is -2.27. The van der Waals surface area contributed by atoms with E-state index in [0.717, 1.165) is 26.3 Å². The van der Waals surface area contributed by atoms with E-state index in [4.69, 9.17) is 14.2 Å². The first-order chi connectivity index (χ1) is 7.83. The van der Waals surface area contributed by atoms with Crippen molar-refractivity contribution >= 4 is 5.97 Å². The van der Waals surface area contributed by atoms with Crippen LogP contribution >= 0.6 is 0 Å². The molecule has 6 nitrogen and oxygen atoms in total. The van der Waals surface area contributed by atoms with E-state index in [-0.39, 0.29) is 12.6 Å². The zero-order valence-corrected chi connectivity index (χ0v) is 9.74. The fourth-order valence-corrected chi connectivity index (χ4v) is 1.36. The van der Waals surface area contributed by atoms with Gasteiger partial charge in [-0.25, -0.2) is 9.80 Å². The second-order valence-electron chi connectivity index (χ2n) is 3.37. The number of hydrazine groups is 1. The van der Waals surface area contributed by atoms with E-state index < -0.39 is 0 Å². The average Bonchev–Trinajstić information content (AvgIpc) is 2.30. The molecule has 0 amide bonds. The highest BCUT2D eigenvalue weighted by molar-refractivity contribution is 5.70. The van der Waals surface area contributed by atoms with Gasteiger partial charge >= 0.3 is 5.97 Å². The molecular formula is C10H20N2O4. The minimum atomic E-state index is -0.311. The molecule has 6 heteroatoms. The van der Waals surface area contributed by atoms with Gasteiger partial charge in [-0.2, -0.15) is 0 Å². The molecule has 0 unspecified atom stereocenters. The first-order valence-corrected chi connectivity index (χ1v) is 5.62.